The Bertz CT molecular complexity index is 350. The van der Waals surface area contributed by atoms with E-state index in [4.69, 9.17) is 22.1 Å². The molecule has 0 spiro atoms. The SMILES string of the molecule is Nc1c(Cl)cccc1C(O)C1CCCO1. The van der Waals surface area contributed by atoms with Crippen LogP contribution < -0.4 is 5.73 Å². The number of aliphatic hydroxyl groups is 1. The fourth-order valence-electron chi connectivity index (χ4n) is 1.86. The van der Waals surface area contributed by atoms with Gasteiger partial charge in [0.25, 0.3) is 0 Å². The molecule has 82 valence electrons. The maximum atomic E-state index is 10.1. The van der Waals surface area contributed by atoms with E-state index in [1.807, 2.05) is 0 Å². The highest BCUT2D eigenvalue weighted by Gasteiger charge is 2.27. The van der Waals surface area contributed by atoms with E-state index < -0.39 is 6.10 Å². The van der Waals surface area contributed by atoms with Crippen molar-refractivity contribution in [1.82, 2.24) is 0 Å². The molecule has 3 N–H and O–H groups in total. The molecule has 1 saturated heterocycles. The van der Waals surface area contributed by atoms with Gasteiger partial charge in [-0.2, -0.15) is 0 Å². The standard InChI is InChI=1S/C11H14ClNO2/c12-8-4-1-3-7(10(8)13)11(14)9-5-2-6-15-9/h1,3-4,9,11,14H,2,5-6,13H2. The second kappa shape index (κ2) is 4.39. The van der Waals surface area contributed by atoms with Crippen LogP contribution in [0.2, 0.25) is 5.02 Å². The number of anilines is 1. The number of benzene rings is 1. The number of rotatable bonds is 2. The van der Waals surface area contributed by atoms with Crippen molar-refractivity contribution in [3.05, 3.63) is 28.8 Å². The summed E-state index contributed by atoms with van der Waals surface area (Å²) in [4.78, 5) is 0. The molecule has 0 radical (unpaired) electrons. The van der Waals surface area contributed by atoms with E-state index in [9.17, 15) is 5.11 Å². The lowest BCUT2D eigenvalue weighted by molar-refractivity contribution is -0.00221. The van der Waals surface area contributed by atoms with Gasteiger partial charge in [0.2, 0.25) is 0 Å². The van der Waals surface area contributed by atoms with E-state index in [0.717, 1.165) is 12.8 Å². The predicted molar refractivity (Wildman–Crippen MR) is 59.8 cm³/mol. The molecule has 1 aromatic carbocycles. The van der Waals surface area contributed by atoms with Crippen molar-refractivity contribution in [2.75, 3.05) is 12.3 Å². The minimum absolute atomic E-state index is 0.147. The molecule has 1 aliphatic heterocycles. The quantitative estimate of drug-likeness (QED) is 0.762. The average Bonchev–Trinajstić information content (AvgIpc) is 2.74. The van der Waals surface area contributed by atoms with Crippen LogP contribution in [0.5, 0.6) is 0 Å². The van der Waals surface area contributed by atoms with Crippen molar-refractivity contribution in [1.29, 1.82) is 0 Å². The first-order valence-corrected chi connectivity index (χ1v) is 5.41. The molecule has 0 saturated carbocycles. The first-order chi connectivity index (χ1) is 7.20. The van der Waals surface area contributed by atoms with Gasteiger partial charge in [-0.1, -0.05) is 23.7 Å². The summed E-state index contributed by atoms with van der Waals surface area (Å²) in [6, 6.07) is 5.28. The lowest BCUT2D eigenvalue weighted by atomic mass is 10.0. The van der Waals surface area contributed by atoms with Crippen LogP contribution in [0.3, 0.4) is 0 Å². The summed E-state index contributed by atoms with van der Waals surface area (Å²) in [7, 11) is 0. The summed E-state index contributed by atoms with van der Waals surface area (Å²) in [6.07, 6.45) is 1.03. The molecule has 0 amide bonds. The third-order valence-electron chi connectivity index (χ3n) is 2.72. The summed E-state index contributed by atoms with van der Waals surface area (Å²) in [5.41, 5.74) is 6.91. The molecule has 0 aliphatic carbocycles. The molecule has 15 heavy (non-hydrogen) atoms. The predicted octanol–water partition coefficient (Wildman–Crippen LogP) is 2.13. The molecule has 2 unspecified atom stereocenters. The lowest BCUT2D eigenvalue weighted by Crippen LogP contribution is -2.18. The minimum Gasteiger partial charge on any atom is -0.397 e. The van der Waals surface area contributed by atoms with Crippen LogP contribution in [0, 0.1) is 0 Å². The highest BCUT2D eigenvalue weighted by atomic mass is 35.5. The maximum absolute atomic E-state index is 10.1. The Kier molecular flexibility index (Phi) is 3.14. The number of aliphatic hydroxyl groups excluding tert-OH is 1. The van der Waals surface area contributed by atoms with Crippen LogP contribution in [-0.4, -0.2) is 17.8 Å². The molecule has 4 heteroatoms. The third-order valence-corrected chi connectivity index (χ3v) is 3.05. The van der Waals surface area contributed by atoms with Crippen LogP contribution in [0.25, 0.3) is 0 Å². The van der Waals surface area contributed by atoms with Crippen molar-refractivity contribution >= 4 is 17.3 Å². The van der Waals surface area contributed by atoms with E-state index in [1.54, 1.807) is 18.2 Å². The molecule has 0 aromatic heterocycles. The fraction of sp³-hybridized carbons (Fsp3) is 0.455. The Morgan fingerprint density at radius 2 is 2.33 bits per heavy atom. The molecular weight excluding hydrogens is 214 g/mol. The Hall–Kier alpha value is -0.770. The third kappa shape index (κ3) is 2.09. The molecule has 0 bridgehead atoms. The Morgan fingerprint density at radius 1 is 1.53 bits per heavy atom. The monoisotopic (exact) mass is 227 g/mol. The van der Waals surface area contributed by atoms with Crippen LogP contribution in [-0.2, 0) is 4.74 Å². The second-order valence-electron chi connectivity index (χ2n) is 3.74. The number of hydrogen-bond acceptors (Lipinski definition) is 3. The Morgan fingerprint density at radius 3 is 3.00 bits per heavy atom. The van der Waals surface area contributed by atoms with E-state index in [0.29, 0.717) is 22.9 Å². The molecule has 1 heterocycles. The van der Waals surface area contributed by atoms with Crippen LogP contribution in [0.1, 0.15) is 24.5 Å². The van der Waals surface area contributed by atoms with Gasteiger partial charge in [0.1, 0.15) is 6.10 Å². The molecular formula is C11H14ClNO2. The summed E-state index contributed by atoms with van der Waals surface area (Å²) >= 11 is 5.89. The summed E-state index contributed by atoms with van der Waals surface area (Å²) < 4.78 is 5.42. The average molecular weight is 228 g/mol. The number of halogens is 1. The first-order valence-electron chi connectivity index (χ1n) is 5.03. The van der Waals surface area contributed by atoms with Gasteiger partial charge < -0.3 is 15.6 Å². The Balaban J connectivity index is 2.24. The van der Waals surface area contributed by atoms with Gasteiger partial charge in [0.15, 0.2) is 0 Å². The first kappa shape index (κ1) is 10.7. The molecule has 1 fully saturated rings. The zero-order chi connectivity index (χ0) is 10.8. The highest BCUT2D eigenvalue weighted by molar-refractivity contribution is 6.33. The molecule has 2 atom stereocenters. The largest absolute Gasteiger partial charge is 0.397 e. The number of hydrogen-bond donors (Lipinski definition) is 2. The summed E-state index contributed by atoms with van der Waals surface area (Å²) in [5.74, 6) is 0. The van der Waals surface area contributed by atoms with Gasteiger partial charge >= 0.3 is 0 Å². The van der Waals surface area contributed by atoms with Crippen molar-refractivity contribution in [3.8, 4) is 0 Å². The summed E-state index contributed by atoms with van der Waals surface area (Å²) in [6.45, 7) is 0.711. The maximum Gasteiger partial charge on any atom is 0.107 e. The molecule has 2 rings (SSSR count). The van der Waals surface area contributed by atoms with Gasteiger partial charge in [-0.05, 0) is 18.9 Å². The Labute approximate surface area is 93.8 Å². The van der Waals surface area contributed by atoms with Crippen LogP contribution in [0.15, 0.2) is 18.2 Å². The van der Waals surface area contributed by atoms with Crippen molar-refractivity contribution in [2.24, 2.45) is 0 Å². The van der Waals surface area contributed by atoms with Gasteiger partial charge in [-0.25, -0.2) is 0 Å². The van der Waals surface area contributed by atoms with E-state index in [2.05, 4.69) is 0 Å². The van der Waals surface area contributed by atoms with Crippen LogP contribution >= 0.6 is 11.6 Å². The van der Waals surface area contributed by atoms with Crippen molar-refractivity contribution in [3.63, 3.8) is 0 Å². The van der Waals surface area contributed by atoms with Gasteiger partial charge in [0, 0.05) is 12.2 Å². The molecule has 1 aliphatic rings. The van der Waals surface area contributed by atoms with Crippen molar-refractivity contribution in [2.45, 2.75) is 25.0 Å². The second-order valence-corrected chi connectivity index (χ2v) is 4.15. The number of nitrogen functional groups attached to an aromatic ring is 1. The molecule has 1 aromatic rings. The van der Waals surface area contributed by atoms with E-state index in [-0.39, 0.29) is 6.10 Å². The smallest absolute Gasteiger partial charge is 0.107 e. The van der Waals surface area contributed by atoms with Crippen molar-refractivity contribution < 1.29 is 9.84 Å². The lowest BCUT2D eigenvalue weighted by Gasteiger charge is -2.19. The fourth-order valence-corrected chi connectivity index (χ4v) is 2.05. The zero-order valence-corrected chi connectivity index (χ0v) is 9.07. The zero-order valence-electron chi connectivity index (χ0n) is 8.32. The number of ether oxygens (including phenoxy) is 1. The minimum atomic E-state index is -0.675. The van der Waals surface area contributed by atoms with E-state index in [1.165, 1.54) is 0 Å². The van der Waals surface area contributed by atoms with Gasteiger partial charge in [0.05, 0.1) is 16.8 Å². The topological polar surface area (TPSA) is 55.5 Å². The normalized spacial score (nSPS) is 22.9. The highest BCUT2D eigenvalue weighted by Crippen LogP contribution is 2.33. The van der Waals surface area contributed by atoms with Gasteiger partial charge in [-0.15, -0.1) is 0 Å². The van der Waals surface area contributed by atoms with Gasteiger partial charge in [-0.3, -0.25) is 0 Å². The summed E-state index contributed by atoms with van der Waals surface area (Å²) in [5, 5.41) is 10.5. The number of para-hydroxylation sites is 1. The van der Waals surface area contributed by atoms with E-state index >= 15 is 0 Å². The van der Waals surface area contributed by atoms with Crippen LogP contribution in [0.4, 0.5) is 5.69 Å². The number of nitrogens with two attached hydrogens (primary N) is 1. The molecule has 3 nitrogen and oxygen atoms in total.